The molecule has 0 saturated carbocycles. The Morgan fingerprint density at radius 1 is 1.64 bits per heavy atom. The fourth-order valence-corrected chi connectivity index (χ4v) is 2.07. The van der Waals surface area contributed by atoms with Crippen LogP contribution >= 0.6 is 0 Å². The molecule has 14 heavy (non-hydrogen) atoms. The van der Waals surface area contributed by atoms with Crippen molar-refractivity contribution >= 4 is 0 Å². The zero-order valence-electron chi connectivity index (χ0n) is 9.08. The molecule has 3 nitrogen and oxygen atoms in total. The maximum absolute atomic E-state index is 4.61. The molecular formula is C11H19N3. The highest BCUT2D eigenvalue weighted by Gasteiger charge is 2.15. The molecule has 1 aliphatic heterocycles. The first-order valence-corrected chi connectivity index (χ1v) is 5.58. The average molecular weight is 193 g/mol. The van der Waals surface area contributed by atoms with Crippen LogP contribution < -0.4 is 5.32 Å². The molecule has 0 amide bonds. The molecule has 3 heteroatoms. The molecular weight excluding hydrogens is 174 g/mol. The summed E-state index contributed by atoms with van der Waals surface area (Å²) < 4.78 is 2.10. The normalized spacial score (nSPS) is 21.7. The van der Waals surface area contributed by atoms with Gasteiger partial charge in [0.05, 0.1) is 5.69 Å². The minimum Gasteiger partial charge on any atom is -0.314 e. The van der Waals surface area contributed by atoms with Crippen molar-refractivity contribution in [3.05, 3.63) is 17.5 Å². The zero-order chi connectivity index (χ0) is 9.97. The Labute approximate surface area is 85.5 Å². The van der Waals surface area contributed by atoms with Gasteiger partial charge in [-0.15, -0.1) is 0 Å². The molecule has 2 rings (SSSR count). The van der Waals surface area contributed by atoms with Crippen molar-refractivity contribution in [3.63, 3.8) is 0 Å². The van der Waals surface area contributed by atoms with E-state index in [9.17, 15) is 0 Å². The second-order valence-corrected chi connectivity index (χ2v) is 4.17. The van der Waals surface area contributed by atoms with Crippen molar-refractivity contribution < 1.29 is 0 Å². The van der Waals surface area contributed by atoms with Crippen LogP contribution in [-0.2, 0) is 19.4 Å². The molecule has 0 aliphatic carbocycles. The monoisotopic (exact) mass is 193 g/mol. The summed E-state index contributed by atoms with van der Waals surface area (Å²) in [5.74, 6) is 0. The molecule has 0 aromatic carbocycles. The quantitative estimate of drug-likeness (QED) is 0.769. The van der Waals surface area contributed by atoms with E-state index in [0.717, 1.165) is 32.4 Å². The van der Waals surface area contributed by atoms with Crippen molar-refractivity contribution in [2.24, 2.45) is 0 Å². The SMILES string of the molecule is CCCn1cc2c(n1)CCNC(C)C2. The fraction of sp³-hybridized carbons (Fsp3) is 0.727. The Morgan fingerprint density at radius 2 is 2.50 bits per heavy atom. The van der Waals surface area contributed by atoms with Crippen LogP contribution in [0.25, 0.3) is 0 Å². The minimum atomic E-state index is 0.593. The third-order valence-corrected chi connectivity index (χ3v) is 2.76. The van der Waals surface area contributed by atoms with Crippen LogP contribution in [0.15, 0.2) is 6.20 Å². The lowest BCUT2D eigenvalue weighted by Gasteiger charge is -2.07. The van der Waals surface area contributed by atoms with Crippen molar-refractivity contribution in [3.8, 4) is 0 Å². The van der Waals surface area contributed by atoms with Gasteiger partial charge >= 0.3 is 0 Å². The Hall–Kier alpha value is -0.830. The number of nitrogens with one attached hydrogen (secondary N) is 1. The van der Waals surface area contributed by atoms with Crippen LogP contribution in [0.3, 0.4) is 0 Å². The van der Waals surface area contributed by atoms with Crippen molar-refractivity contribution in [2.45, 2.75) is 45.7 Å². The van der Waals surface area contributed by atoms with E-state index in [4.69, 9.17) is 0 Å². The molecule has 0 fully saturated rings. The maximum atomic E-state index is 4.61. The van der Waals surface area contributed by atoms with E-state index >= 15 is 0 Å². The minimum absolute atomic E-state index is 0.593. The highest BCUT2D eigenvalue weighted by Crippen LogP contribution is 2.13. The Kier molecular flexibility index (Phi) is 2.87. The number of rotatable bonds is 2. The number of nitrogens with zero attached hydrogens (tertiary/aromatic N) is 2. The summed E-state index contributed by atoms with van der Waals surface area (Å²) >= 11 is 0. The van der Waals surface area contributed by atoms with E-state index in [2.05, 4.69) is 35.1 Å². The largest absolute Gasteiger partial charge is 0.314 e. The van der Waals surface area contributed by atoms with E-state index in [-0.39, 0.29) is 0 Å². The molecule has 0 spiro atoms. The van der Waals surface area contributed by atoms with E-state index < -0.39 is 0 Å². The summed E-state index contributed by atoms with van der Waals surface area (Å²) in [7, 11) is 0. The Balaban J connectivity index is 2.18. The fourth-order valence-electron chi connectivity index (χ4n) is 2.07. The van der Waals surface area contributed by atoms with Gasteiger partial charge in [-0.25, -0.2) is 0 Å². The molecule has 1 unspecified atom stereocenters. The predicted octanol–water partition coefficient (Wildman–Crippen LogP) is 1.37. The summed E-state index contributed by atoms with van der Waals surface area (Å²) in [6.07, 6.45) is 5.59. The molecule has 2 heterocycles. The second-order valence-electron chi connectivity index (χ2n) is 4.17. The van der Waals surface area contributed by atoms with E-state index in [1.165, 1.54) is 11.3 Å². The highest BCUT2D eigenvalue weighted by atomic mass is 15.3. The van der Waals surface area contributed by atoms with E-state index in [1.54, 1.807) is 0 Å². The Bertz CT molecular complexity index is 303. The van der Waals surface area contributed by atoms with Gasteiger partial charge in [-0.2, -0.15) is 5.10 Å². The average Bonchev–Trinajstić information content (AvgIpc) is 2.41. The van der Waals surface area contributed by atoms with Crippen LogP contribution in [0.4, 0.5) is 0 Å². The lowest BCUT2D eigenvalue weighted by Crippen LogP contribution is -2.27. The number of fused-ring (bicyclic) bond motifs is 1. The van der Waals surface area contributed by atoms with Crippen molar-refractivity contribution in [1.29, 1.82) is 0 Å². The number of hydrogen-bond donors (Lipinski definition) is 1. The molecule has 0 radical (unpaired) electrons. The van der Waals surface area contributed by atoms with Crippen LogP contribution in [0.1, 0.15) is 31.5 Å². The maximum Gasteiger partial charge on any atom is 0.0669 e. The van der Waals surface area contributed by atoms with Gasteiger partial charge in [0.15, 0.2) is 0 Å². The van der Waals surface area contributed by atoms with Gasteiger partial charge < -0.3 is 5.32 Å². The summed E-state index contributed by atoms with van der Waals surface area (Å²) in [6.45, 7) is 6.55. The summed E-state index contributed by atoms with van der Waals surface area (Å²) in [5, 5.41) is 8.09. The van der Waals surface area contributed by atoms with Crippen LogP contribution in [0.2, 0.25) is 0 Å². The molecule has 78 valence electrons. The third kappa shape index (κ3) is 1.98. The number of hydrogen-bond acceptors (Lipinski definition) is 2. The Morgan fingerprint density at radius 3 is 3.29 bits per heavy atom. The van der Waals surface area contributed by atoms with Crippen LogP contribution in [0, 0.1) is 0 Å². The topological polar surface area (TPSA) is 29.9 Å². The van der Waals surface area contributed by atoms with E-state index in [1.807, 2.05) is 0 Å². The first-order chi connectivity index (χ1) is 6.79. The summed E-state index contributed by atoms with van der Waals surface area (Å²) in [5.41, 5.74) is 2.74. The first kappa shape index (κ1) is 9.71. The molecule has 0 saturated heterocycles. The first-order valence-electron chi connectivity index (χ1n) is 5.58. The summed E-state index contributed by atoms with van der Waals surface area (Å²) in [4.78, 5) is 0. The predicted molar refractivity (Wildman–Crippen MR) is 57.4 cm³/mol. The highest BCUT2D eigenvalue weighted by molar-refractivity contribution is 5.20. The third-order valence-electron chi connectivity index (χ3n) is 2.76. The molecule has 1 aromatic rings. The lowest BCUT2D eigenvalue weighted by molar-refractivity contribution is 0.551. The van der Waals surface area contributed by atoms with Crippen LogP contribution in [0.5, 0.6) is 0 Å². The van der Waals surface area contributed by atoms with Crippen LogP contribution in [-0.4, -0.2) is 22.4 Å². The molecule has 0 bridgehead atoms. The number of aryl methyl sites for hydroxylation is 1. The number of aromatic nitrogens is 2. The van der Waals surface area contributed by atoms with Gasteiger partial charge in [-0.3, -0.25) is 4.68 Å². The van der Waals surface area contributed by atoms with Crippen molar-refractivity contribution in [2.75, 3.05) is 6.54 Å². The van der Waals surface area contributed by atoms with Gasteiger partial charge in [-0.1, -0.05) is 6.92 Å². The standard InChI is InChI=1S/C11H19N3/c1-3-6-14-8-10-7-9(2)12-5-4-11(10)13-14/h8-9,12H,3-7H2,1-2H3. The molecule has 1 aliphatic rings. The molecule has 1 aromatic heterocycles. The van der Waals surface area contributed by atoms with Gasteiger partial charge in [0.25, 0.3) is 0 Å². The molecule has 1 atom stereocenters. The van der Waals surface area contributed by atoms with Crippen molar-refractivity contribution in [1.82, 2.24) is 15.1 Å². The zero-order valence-corrected chi connectivity index (χ0v) is 9.08. The van der Waals surface area contributed by atoms with Gasteiger partial charge in [-0.05, 0) is 25.3 Å². The summed E-state index contributed by atoms with van der Waals surface area (Å²) in [6, 6.07) is 0.593. The molecule has 1 N–H and O–H groups in total. The second kappa shape index (κ2) is 4.13. The smallest absolute Gasteiger partial charge is 0.0669 e. The van der Waals surface area contributed by atoms with Gasteiger partial charge in [0, 0.05) is 31.7 Å². The van der Waals surface area contributed by atoms with E-state index in [0.29, 0.717) is 6.04 Å². The lowest BCUT2D eigenvalue weighted by atomic mass is 10.1. The van der Waals surface area contributed by atoms with Gasteiger partial charge in [0.2, 0.25) is 0 Å². The van der Waals surface area contributed by atoms with Gasteiger partial charge in [0.1, 0.15) is 0 Å².